The molecule has 3 fully saturated rings. The molecule has 62 valence electrons. The molecule has 3 aliphatic rings. The Morgan fingerprint density at radius 1 is 1.00 bits per heavy atom. The van der Waals surface area contributed by atoms with Crippen LogP contribution in [0.4, 0.5) is 0 Å². The van der Waals surface area contributed by atoms with Crippen LogP contribution in [0.3, 0.4) is 0 Å². The highest BCUT2D eigenvalue weighted by Gasteiger charge is 2.65. The molecule has 0 amide bonds. The average Bonchev–Trinajstić information content (AvgIpc) is 2.44. The van der Waals surface area contributed by atoms with Gasteiger partial charge in [0.2, 0.25) is 0 Å². The highest BCUT2D eigenvalue weighted by atomic mass is 14.7. The topological polar surface area (TPSA) is 0 Å². The number of rotatable bonds is 1. The monoisotopic (exact) mass is 150 g/mol. The Kier molecular flexibility index (Phi) is 1.09. The molecule has 4 atom stereocenters. The summed E-state index contributed by atoms with van der Waals surface area (Å²) in [6, 6.07) is 0. The van der Waals surface area contributed by atoms with Gasteiger partial charge in [0.1, 0.15) is 0 Å². The Balaban J connectivity index is 1.81. The summed E-state index contributed by atoms with van der Waals surface area (Å²) in [7, 11) is 0. The molecule has 0 nitrogen and oxygen atoms in total. The minimum atomic E-state index is 0.980. The zero-order valence-corrected chi connectivity index (χ0v) is 7.59. The average molecular weight is 150 g/mol. The molecule has 2 bridgehead atoms. The summed E-state index contributed by atoms with van der Waals surface area (Å²) in [5.41, 5.74) is 0. The van der Waals surface area contributed by atoms with Gasteiger partial charge in [0, 0.05) is 0 Å². The van der Waals surface area contributed by atoms with Crippen LogP contribution in [-0.4, -0.2) is 0 Å². The lowest BCUT2D eigenvalue weighted by Gasteiger charge is -2.10. The zero-order valence-electron chi connectivity index (χ0n) is 7.59. The van der Waals surface area contributed by atoms with E-state index in [0.29, 0.717) is 0 Å². The van der Waals surface area contributed by atoms with Crippen molar-refractivity contribution in [1.29, 1.82) is 0 Å². The van der Waals surface area contributed by atoms with E-state index in [-0.39, 0.29) is 0 Å². The lowest BCUT2D eigenvalue weighted by molar-refractivity contribution is 0.389. The largest absolute Gasteiger partial charge is 0.0625 e. The van der Waals surface area contributed by atoms with Gasteiger partial charge in [-0.15, -0.1) is 0 Å². The van der Waals surface area contributed by atoms with E-state index < -0.39 is 0 Å². The van der Waals surface area contributed by atoms with Crippen LogP contribution in [0.5, 0.6) is 0 Å². The summed E-state index contributed by atoms with van der Waals surface area (Å²) >= 11 is 0. The van der Waals surface area contributed by atoms with Crippen LogP contribution in [0.25, 0.3) is 0 Å². The first-order valence-electron chi connectivity index (χ1n) is 5.29. The third-order valence-electron chi connectivity index (χ3n) is 4.56. The molecule has 0 heterocycles. The Morgan fingerprint density at radius 3 is 2.00 bits per heavy atom. The summed E-state index contributed by atoms with van der Waals surface area (Å²) < 4.78 is 0. The van der Waals surface area contributed by atoms with Crippen molar-refractivity contribution < 1.29 is 0 Å². The molecule has 0 aliphatic heterocycles. The Morgan fingerprint density at radius 2 is 1.55 bits per heavy atom. The van der Waals surface area contributed by atoms with E-state index in [4.69, 9.17) is 0 Å². The van der Waals surface area contributed by atoms with Gasteiger partial charge in [-0.05, 0) is 54.8 Å². The standard InChI is InChI=1S/C11H18/c1-6(2)9-10-7-3-4-8(5-7)11(9)10/h6-11H,3-5H2,1-2H3. The fraction of sp³-hybridized carbons (Fsp3) is 1.00. The lowest BCUT2D eigenvalue weighted by Crippen LogP contribution is -2.03. The maximum atomic E-state index is 2.42. The zero-order chi connectivity index (χ0) is 7.59. The van der Waals surface area contributed by atoms with Gasteiger partial charge in [0.15, 0.2) is 0 Å². The number of hydrogen-bond acceptors (Lipinski definition) is 0. The first-order chi connectivity index (χ1) is 5.29. The molecule has 3 rings (SSSR count). The highest BCUT2D eigenvalue weighted by molar-refractivity contribution is 5.13. The van der Waals surface area contributed by atoms with Gasteiger partial charge in [-0.3, -0.25) is 0 Å². The molecule has 3 saturated carbocycles. The molecular weight excluding hydrogens is 132 g/mol. The molecular formula is C11H18. The van der Waals surface area contributed by atoms with E-state index in [2.05, 4.69) is 13.8 Å². The van der Waals surface area contributed by atoms with E-state index in [1.165, 1.54) is 23.7 Å². The predicted molar refractivity (Wildman–Crippen MR) is 46.1 cm³/mol. The molecule has 0 N–H and O–H groups in total. The van der Waals surface area contributed by atoms with Gasteiger partial charge >= 0.3 is 0 Å². The Labute approximate surface area is 69.4 Å². The molecule has 0 aromatic rings. The lowest BCUT2D eigenvalue weighted by atomic mass is 9.95. The second kappa shape index (κ2) is 1.84. The first kappa shape index (κ1) is 6.51. The van der Waals surface area contributed by atoms with Crippen molar-refractivity contribution in [3.05, 3.63) is 0 Å². The van der Waals surface area contributed by atoms with E-state index in [9.17, 15) is 0 Å². The summed E-state index contributed by atoms with van der Waals surface area (Å²) in [5, 5.41) is 0. The van der Waals surface area contributed by atoms with Crippen molar-refractivity contribution in [3.63, 3.8) is 0 Å². The quantitative estimate of drug-likeness (QED) is 0.539. The minimum Gasteiger partial charge on any atom is -0.0625 e. The van der Waals surface area contributed by atoms with Gasteiger partial charge in [-0.1, -0.05) is 13.8 Å². The molecule has 0 aromatic heterocycles. The second-order valence-electron chi connectivity index (χ2n) is 5.31. The van der Waals surface area contributed by atoms with Crippen LogP contribution in [0.1, 0.15) is 33.1 Å². The van der Waals surface area contributed by atoms with Crippen LogP contribution in [0.15, 0.2) is 0 Å². The highest BCUT2D eigenvalue weighted by Crippen LogP contribution is 2.71. The number of hydrogen-bond donors (Lipinski definition) is 0. The van der Waals surface area contributed by atoms with Crippen molar-refractivity contribution in [2.45, 2.75) is 33.1 Å². The fourth-order valence-electron chi connectivity index (χ4n) is 4.28. The molecule has 0 saturated heterocycles. The fourth-order valence-corrected chi connectivity index (χ4v) is 4.28. The smallest absolute Gasteiger partial charge is 0.0318 e. The third-order valence-corrected chi connectivity index (χ3v) is 4.56. The van der Waals surface area contributed by atoms with Gasteiger partial charge in [0.25, 0.3) is 0 Å². The van der Waals surface area contributed by atoms with Crippen molar-refractivity contribution >= 4 is 0 Å². The normalized spacial score (nSPS) is 58.6. The second-order valence-corrected chi connectivity index (χ2v) is 5.31. The summed E-state index contributed by atoms with van der Waals surface area (Å²) in [4.78, 5) is 0. The Bertz CT molecular complexity index is 160. The summed E-state index contributed by atoms with van der Waals surface area (Å²) in [5.74, 6) is 6.90. The van der Waals surface area contributed by atoms with Crippen LogP contribution >= 0.6 is 0 Å². The van der Waals surface area contributed by atoms with E-state index in [0.717, 1.165) is 11.8 Å². The van der Waals surface area contributed by atoms with Gasteiger partial charge in [-0.25, -0.2) is 0 Å². The Hall–Kier alpha value is 0. The summed E-state index contributed by atoms with van der Waals surface area (Å²) in [6.45, 7) is 4.84. The van der Waals surface area contributed by atoms with Crippen molar-refractivity contribution in [3.8, 4) is 0 Å². The van der Waals surface area contributed by atoms with Gasteiger partial charge in [0.05, 0.1) is 0 Å². The van der Waals surface area contributed by atoms with Gasteiger partial charge < -0.3 is 0 Å². The SMILES string of the molecule is CC(C)C1C2C3CCC(C3)C12. The molecule has 3 aliphatic carbocycles. The molecule has 11 heavy (non-hydrogen) atoms. The van der Waals surface area contributed by atoms with Gasteiger partial charge in [-0.2, -0.15) is 0 Å². The predicted octanol–water partition coefficient (Wildman–Crippen LogP) is 2.93. The van der Waals surface area contributed by atoms with Crippen molar-refractivity contribution in [2.75, 3.05) is 0 Å². The molecule has 0 aromatic carbocycles. The maximum absolute atomic E-state index is 2.42. The van der Waals surface area contributed by atoms with E-state index >= 15 is 0 Å². The summed E-state index contributed by atoms with van der Waals surface area (Å²) in [6.07, 6.45) is 4.77. The molecule has 4 unspecified atom stereocenters. The molecule has 0 heteroatoms. The van der Waals surface area contributed by atoms with Crippen LogP contribution in [0.2, 0.25) is 0 Å². The minimum absolute atomic E-state index is 0.980. The van der Waals surface area contributed by atoms with Crippen LogP contribution in [0, 0.1) is 35.5 Å². The third kappa shape index (κ3) is 0.666. The molecule has 0 spiro atoms. The van der Waals surface area contributed by atoms with Crippen LogP contribution in [-0.2, 0) is 0 Å². The van der Waals surface area contributed by atoms with Crippen molar-refractivity contribution in [1.82, 2.24) is 0 Å². The van der Waals surface area contributed by atoms with E-state index in [1.54, 1.807) is 19.3 Å². The van der Waals surface area contributed by atoms with Crippen molar-refractivity contribution in [2.24, 2.45) is 35.5 Å². The van der Waals surface area contributed by atoms with E-state index in [1.807, 2.05) is 0 Å². The maximum Gasteiger partial charge on any atom is -0.0318 e. The first-order valence-corrected chi connectivity index (χ1v) is 5.29. The molecule has 0 radical (unpaired) electrons. The van der Waals surface area contributed by atoms with Crippen LogP contribution < -0.4 is 0 Å². The number of fused-ring (bicyclic) bond motifs is 5.